The van der Waals surface area contributed by atoms with E-state index in [0.29, 0.717) is 99.0 Å². The van der Waals surface area contributed by atoms with Gasteiger partial charge in [-0.1, -0.05) is 51.9 Å². The van der Waals surface area contributed by atoms with E-state index in [-0.39, 0.29) is 6.04 Å². The van der Waals surface area contributed by atoms with Gasteiger partial charge < -0.3 is 44.6 Å². The maximum absolute atomic E-state index is 6.10. The van der Waals surface area contributed by atoms with Gasteiger partial charge in [0.05, 0.1) is 92.5 Å². The Bertz CT molecular complexity index is 368. The summed E-state index contributed by atoms with van der Waals surface area (Å²) in [6.07, 6.45) is 10.2. The highest BCUT2D eigenvalue weighted by molar-refractivity contribution is 4.60. The molecule has 0 rings (SSSR count). The van der Waals surface area contributed by atoms with Crippen molar-refractivity contribution in [3.05, 3.63) is 0 Å². The molecular formula is C25H54N2O7. The molecule has 0 aliphatic rings. The monoisotopic (exact) mass is 494 g/mol. The lowest BCUT2D eigenvalue weighted by atomic mass is 10.1. The molecule has 34 heavy (non-hydrogen) atoms. The van der Waals surface area contributed by atoms with E-state index in [0.717, 1.165) is 6.42 Å². The van der Waals surface area contributed by atoms with Gasteiger partial charge in [-0.25, -0.2) is 0 Å². The summed E-state index contributed by atoms with van der Waals surface area (Å²) >= 11 is 0. The lowest BCUT2D eigenvalue weighted by Gasteiger charge is -2.12. The van der Waals surface area contributed by atoms with Crippen LogP contribution in [-0.2, 0) is 33.2 Å². The Morgan fingerprint density at radius 1 is 0.471 bits per heavy atom. The van der Waals surface area contributed by atoms with Gasteiger partial charge in [-0.2, -0.15) is 0 Å². The third-order valence-electron chi connectivity index (χ3n) is 5.00. The minimum atomic E-state index is 0.129. The molecule has 0 aliphatic carbocycles. The first-order valence-electron chi connectivity index (χ1n) is 13.3. The van der Waals surface area contributed by atoms with Gasteiger partial charge in [0.25, 0.3) is 0 Å². The van der Waals surface area contributed by atoms with Gasteiger partial charge in [-0.3, -0.25) is 0 Å². The average Bonchev–Trinajstić information content (AvgIpc) is 2.84. The van der Waals surface area contributed by atoms with Crippen LogP contribution in [0, 0.1) is 0 Å². The summed E-state index contributed by atoms with van der Waals surface area (Å²) in [6.45, 7) is 10.6. The van der Waals surface area contributed by atoms with E-state index in [1.807, 2.05) is 0 Å². The van der Waals surface area contributed by atoms with Gasteiger partial charge in [-0.05, 0) is 6.42 Å². The zero-order chi connectivity index (χ0) is 24.8. The maximum atomic E-state index is 6.10. The molecule has 4 N–H and O–H groups in total. The van der Waals surface area contributed by atoms with Crippen LogP contribution in [0.3, 0.4) is 0 Å². The highest BCUT2D eigenvalue weighted by Gasteiger charge is 2.02. The summed E-state index contributed by atoms with van der Waals surface area (Å²) in [4.78, 5) is 0. The number of hydrogen-bond donors (Lipinski definition) is 2. The van der Waals surface area contributed by atoms with Crippen molar-refractivity contribution < 1.29 is 33.2 Å². The van der Waals surface area contributed by atoms with Crippen LogP contribution in [0.4, 0.5) is 0 Å². The normalized spacial score (nSPS) is 12.4. The van der Waals surface area contributed by atoms with E-state index in [4.69, 9.17) is 44.6 Å². The van der Waals surface area contributed by atoms with E-state index >= 15 is 0 Å². The molecule has 206 valence electrons. The largest absolute Gasteiger partial charge is 0.378 e. The molecule has 0 amide bonds. The first-order valence-corrected chi connectivity index (χ1v) is 13.3. The Hall–Kier alpha value is -0.360. The molecule has 9 heteroatoms. The number of nitrogens with two attached hydrogens (primary N) is 2. The lowest BCUT2D eigenvalue weighted by Crippen LogP contribution is -2.27. The first-order chi connectivity index (χ1) is 16.8. The summed E-state index contributed by atoms with van der Waals surface area (Å²) in [7, 11) is 0. The summed E-state index contributed by atoms with van der Waals surface area (Å²) in [6, 6.07) is 0.129. The van der Waals surface area contributed by atoms with Gasteiger partial charge in [-0.15, -0.1) is 0 Å². The van der Waals surface area contributed by atoms with Crippen LogP contribution in [0.2, 0.25) is 0 Å². The van der Waals surface area contributed by atoms with E-state index < -0.39 is 0 Å². The highest BCUT2D eigenvalue weighted by Crippen LogP contribution is 2.09. The molecule has 0 bridgehead atoms. The third kappa shape index (κ3) is 29.7. The summed E-state index contributed by atoms with van der Waals surface area (Å²) < 4.78 is 38.0. The Kier molecular flexibility index (Phi) is 30.3. The Morgan fingerprint density at radius 3 is 1.24 bits per heavy atom. The second-order valence-corrected chi connectivity index (χ2v) is 8.21. The fourth-order valence-corrected chi connectivity index (χ4v) is 3.08. The molecule has 0 aromatic heterocycles. The molecule has 1 unspecified atom stereocenters. The molecule has 0 aromatic carbocycles. The quantitative estimate of drug-likeness (QED) is 0.145. The Balaban J connectivity index is 3.09. The zero-order valence-corrected chi connectivity index (χ0v) is 21.9. The number of hydrogen-bond acceptors (Lipinski definition) is 9. The van der Waals surface area contributed by atoms with Crippen LogP contribution < -0.4 is 11.5 Å². The predicted octanol–water partition coefficient (Wildman–Crippen LogP) is 2.53. The summed E-state index contributed by atoms with van der Waals surface area (Å²) in [5, 5.41) is 0. The minimum absolute atomic E-state index is 0.129. The van der Waals surface area contributed by atoms with Crippen molar-refractivity contribution in [1.82, 2.24) is 0 Å². The molecule has 0 aliphatic heterocycles. The van der Waals surface area contributed by atoms with Crippen molar-refractivity contribution in [2.75, 3.05) is 99.0 Å². The smallest absolute Gasteiger partial charge is 0.0701 e. The van der Waals surface area contributed by atoms with Gasteiger partial charge in [0.2, 0.25) is 0 Å². The van der Waals surface area contributed by atoms with E-state index in [1.54, 1.807) is 0 Å². The lowest BCUT2D eigenvalue weighted by molar-refractivity contribution is -0.0206. The van der Waals surface area contributed by atoms with Crippen molar-refractivity contribution in [2.24, 2.45) is 11.5 Å². The predicted molar refractivity (Wildman–Crippen MR) is 135 cm³/mol. The van der Waals surface area contributed by atoms with Crippen LogP contribution in [0.15, 0.2) is 0 Å². The van der Waals surface area contributed by atoms with Gasteiger partial charge in [0, 0.05) is 12.6 Å². The average molecular weight is 495 g/mol. The maximum Gasteiger partial charge on any atom is 0.0701 e. The fraction of sp³-hybridized carbons (Fsp3) is 1.00. The molecule has 0 saturated carbocycles. The van der Waals surface area contributed by atoms with Crippen LogP contribution in [0.5, 0.6) is 0 Å². The molecule has 0 fully saturated rings. The van der Waals surface area contributed by atoms with Gasteiger partial charge in [0.1, 0.15) is 0 Å². The van der Waals surface area contributed by atoms with Crippen molar-refractivity contribution in [1.29, 1.82) is 0 Å². The number of unbranched alkanes of at least 4 members (excludes halogenated alkanes) is 6. The van der Waals surface area contributed by atoms with E-state index in [9.17, 15) is 0 Å². The van der Waals surface area contributed by atoms with Crippen LogP contribution in [0.1, 0.15) is 58.3 Å². The number of ether oxygens (including phenoxy) is 7. The topological polar surface area (TPSA) is 117 Å². The van der Waals surface area contributed by atoms with Crippen molar-refractivity contribution in [3.8, 4) is 0 Å². The number of rotatable bonds is 30. The van der Waals surface area contributed by atoms with Crippen LogP contribution >= 0.6 is 0 Å². The Labute approximate surface area is 208 Å². The SMILES string of the molecule is CCCCCCCCCC(N)COCCOCCOCCOCCOCCOCCOCCN. The van der Waals surface area contributed by atoms with Crippen LogP contribution in [-0.4, -0.2) is 105 Å². The molecule has 1 atom stereocenters. The molecular weight excluding hydrogens is 440 g/mol. The Morgan fingerprint density at radius 2 is 0.824 bits per heavy atom. The second kappa shape index (κ2) is 30.7. The summed E-state index contributed by atoms with van der Waals surface area (Å²) in [5.74, 6) is 0. The van der Waals surface area contributed by atoms with Gasteiger partial charge >= 0.3 is 0 Å². The van der Waals surface area contributed by atoms with Crippen LogP contribution in [0.25, 0.3) is 0 Å². The standard InChI is InChI=1S/C25H54N2O7/c1-2-3-4-5-6-7-8-9-25(27)24-34-23-22-33-21-20-32-19-18-31-17-16-30-15-14-29-13-12-28-11-10-26/h25H,2-24,26-27H2,1H3. The molecule has 0 heterocycles. The van der Waals surface area contributed by atoms with Gasteiger partial charge in [0.15, 0.2) is 0 Å². The third-order valence-corrected chi connectivity index (χ3v) is 5.00. The highest BCUT2D eigenvalue weighted by atomic mass is 16.6. The van der Waals surface area contributed by atoms with Crippen molar-refractivity contribution in [3.63, 3.8) is 0 Å². The molecule has 9 nitrogen and oxygen atoms in total. The minimum Gasteiger partial charge on any atom is -0.378 e. The molecule has 0 spiro atoms. The fourth-order valence-electron chi connectivity index (χ4n) is 3.08. The molecule has 0 aromatic rings. The first kappa shape index (κ1) is 33.6. The molecule has 0 saturated heterocycles. The van der Waals surface area contributed by atoms with Crippen molar-refractivity contribution in [2.45, 2.75) is 64.3 Å². The molecule has 0 radical (unpaired) electrons. The zero-order valence-electron chi connectivity index (χ0n) is 21.9. The van der Waals surface area contributed by atoms with E-state index in [1.165, 1.54) is 44.9 Å². The second-order valence-electron chi connectivity index (χ2n) is 8.21. The van der Waals surface area contributed by atoms with E-state index in [2.05, 4.69) is 6.92 Å². The summed E-state index contributed by atoms with van der Waals surface area (Å²) in [5.41, 5.74) is 11.4. The van der Waals surface area contributed by atoms with Crippen molar-refractivity contribution >= 4 is 0 Å².